The molecule has 0 bridgehead atoms. The van der Waals surface area contributed by atoms with E-state index in [0.717, 1.165) is 18.6 Å². The monoisotopic (exact) mass is 259 g/mol. The fourth-order valence-corrected chi connectivity index (χ4v) is 2.14. The molecule has 2 rings (SSSR count). The molecule has 1 fully saturated rings. The van der Waals surface area contributed by atoms with Crippen LogP contribution < -0.4 is 5.32 Å². The topological polar surface area (TPSA) is 21.3 Å². The molecule has 2 nitrogen and oxygen atoms in total. The van der Waals surface area contributed by atoms with E-state index in [0.29, 0.717) is 31.2 Å². The predicted molar refractivity (Wildman–Crippen MR) is 61.5 cm³/mol. The van der Waals surface area contributed by atoms with Gasteiger partial charge in [-0.2, -0.15) is 0 Å². The van der Waals surface area contributed by atoms with Crippen LogP contribution in [0.2, 0.25) is 0 Å². The van der Waals surface area contributed by atoms with E-state index in [1.54, 1.807) is 0 Å². The van der Waals surface area contributed by atoms with E-state index >= 15 is 0 Å². The van der Waals surface area contributed by atoms with Gasteiger partial charge >= 0.3 is 0 Å². The lowest BCUT2D eigenvalue weighted by Crippen LogP contribution is -2.41. The molecule has 0 saturated carbocycles. The van der Waals surface area contributed by atoms with Crippen LogP contribution in [-0.2, 0) is 11.3 Å². The normalized spacial score (nSPS) is 24.2. The average Bonchev–Trinajstić information content (AvgIpc) is 2.35. The number of hydrogen-bond donors (Lipinski definition) is 1. The molecule has 1 aliphatic rings. The molecule has 18 heavy (non-hydrogen) atoms. The van der Waals surface area contributed by atoms with Crippen molar-refractivity contribution < 1.29 is 17.9 Å². The summed E-state index contributed by atoms with van der Waals surface area (Å²) in [5.41, 5.74) is 0.407. The number of hydrogen-bond acceptors (Lipinski definition) is 2. The van der Waals surface area contributed by atoms with Crippen molar-refractivity contribution in [1.82, 2.24) is 5.32 Å². The van der Waals surface area contributed by atoms with Gasteiger partial charge < -0.3 is 10.1 Å². The lowest BCUT2D eigenvalue weighted by atomic mass is 9.97. The van der Waals surface area contributed by atoms with Gasteiger partial charge in [0.2, 0.25) is 0 Å². The van der Waals surface area contributed by atoms with Crippen molar-refractivity contribution in [2.75, 3.05) is 13.2 Å². The fourth-order valence-electron chi connectivity index (χ4n) is 2.14. The molecule has 5 heteroatoms. The first-order chi connectivity index (χ1) is 8.58. The molecule has 1 aliphatic heterocycles. The third kappa shape index (κ3) is 3.03. The smallest absolute Gasteiger partial charge is 0.194 e. The van der Waals surface area contributed by atoms with Crippen molar-refractivity contribution in [2.45, 2.75) is 25.9 Å². The van der Waals surface area contributed by atoms with Crippen LogP contribution in [0.1, 0.15) is 18.9 Å². The minimum absolute atomic E-state index is 0.259. The molecule has 2 unspecified atom stereocenters. The van der Waals surface area contributed by atoms with E-state index in [4.69, 9.17) is 4.74 Å². The summed E-state index contributed by atoms with van der Waals surface area (Å²) in [7, 11) is 0. The van der Waals surface area contributed by atoms with E-state index in [9.17, 15) is 13.2 Å². The lowest BCUT2D eigenvalue weighted by Gasteiger charge is -2.29. The Morgan fingerprint density at radius 3 is 2.56 bits per heavy atom. The lowest BCUT2D eigenvalue weighted by molar-refractivity contribution is 0.0386. The van der Waals surface area contributed by atoms with Crippen molar-refractivity contribution >= 4 is 0 Å². The van der Waals surface area contributed by atoms with Gasteiger partial charge in [-0.15, -0.1) is 0 Å². The maximum Gasteiger partial charge on any atom is 0.194 e. The zero-order chi connectivity index (χ0) is 13.1. The molecule has 1 saturated heterocycles. The molecular formula is C13H16F3NO. The third-order valence-corrected chi connectivity index (χ3v) is 3.25. The predicted octanol–water partition coefficient (Wildman–Crippen LogP) is 2.62. The molecule has 100 valence electrons. The molecule has 0 aliphatic carbocycles. The van der Waals surface area contributed by atoms with Gasteiger partial charge in [-0.3, -0.25) is 0 Å². The highest BCUT2D eigenvalue weighted by atomic mass is 19.2. The summed E-state index contributed by atoms with van der Waals surface area (Å²) < 4.78 is 44.1. The second-order valence-corrected chi connectivity index (χ2v) is 4.70. The van der Waals surface area contributed by atoms with E-state index < -0.39 is 17.5 Å². The van der Waals surface area contributed by atoms with Crippen LogP contribution in [0, 0.1) is 23.4 Å². The summed E-state index contributed by atoms with van der Waals surface area (Å²) in [6.45, 7) is 3.75. The van der Waals surface area contributed by atoms with E-state index in [1.165, 1.54) is 0 Å². The summed E-state index contributed by atoms with van der Waals surface area (Å²) in [6.07, 6.45) is 0.868. The Morgan fingerprint density at radius 2 is 1.94 bits per heavy atom. The first-order valence-electron chi connectivity index (χ1n) is 6.02. The number of rotatable bonds is 3. The van der Waals surface area contributed by atoms with Crippen LogP contribution >= 0.6 is 0 Å². The van der Waals surface area contributed by atoms with E-state index in [-0.39, 0.29) is 6.04 Å². The summed E-state index contributed by atoms with van der Waals surface area (Å²) in [6, 6.07) is 2.31. The highest BCUT2D eigenvalue weighted by molar-refractivity contribution is 5.19. The summed E-state index contributed by atoms with van der Waals surface area (Å²) >= 11 is 0. The standard InChI is InChI=1S/C13H16F3NO/c1-8-7-18-3-2-12(8)17-6-9-4-10(14)13(16)11(15)5-9/h4-5,8,12,17H,2-3,6-7H2,1H3. The van der Waals surface area contributed by atoms with Gasteiger partial charge in [-0.05, 0) is 30.0 Å². The van der Waals surface area contributed by atoms with Gasteiger partial charge in [0.05, 0.1) is 6.61 Å². The van der Waals surface area contributed by atoms with Crippen molar-refractivity contribution in [3.63, 3.8) is 0 Å². The Balaban J connectivity index is 1.97. The average molecular weight is 259 g/mol. The third-order valence-electron chi connectivity index (χ3n) is 3.25. The van der Waals surface area contributed by atoms with Crippen molar-refractivity contribution in [1.29, 1.82) is 0 Å². The van der Waals surface area contributed by atoms with Gasteiger partial charge in [0, 0.05) is 19.2 Å². The van der Waals surface area contributed by atoms with Gasteiger partial charge in [0.1, 0.15) is 0 Å². The first-order valence-corrected chi connectivity index (χ1v) is 6.02. The maximum atomic E-state index is 13.0. The number of halogens is 3. The Kier molecular flexibility index (Phi) is 4.24. The SMILES string of the molecule is CC1COCCC1NCc1cc(F)c(F)c(F)c1. The molecule has 2 atom stereocenters. The molecule has 0 aromatic heterocycles. The van der Waals surface area contributed by atoms with E-state index in [1.807, 2.05) is 0 Å². The van der Waals surface area contributed by atoms with E-state index in [2.05, 4.69) is 12.2 Å². The molecule has 0 amide bonds. The number of benzene rings is 1. The summed E-state index contributed by atoms with van der Waals surface area (Å²) in [5, 5.41) is 3.23. The molecule has 1 aromatic carbocycles. The van der Waals surface area contributed by atoms with Crippen LogP contribution in [0.15, 0.2) is 12.1 Å². The molecule has 1 heterocycles. The largest absolute Gasteiger partial charge is 0.381 e. The van der Waals surface area contributed by atoms with Gasteiger partial charge in [0.25, 0.3) is 0 Å². The molecular weight excluding hydrogens is 243 g/mol. The Labute approximate surface area is 104 Å². The number of nitrogens with one attached hydrogen (secondary N) is 1. The first kappa shape index (κ1) is 13.4. The highest BCUT2D eigenvalue weighted by Crippen LogP contribution is 2.16. The van der Waals surface area contributed by atoms with Crippen LogP contribution in [0.25, 0.3) is 0 Å². The fraction of sp³-hybridized carbons (Fsp3) is 0.538. The van der Waals surface area contributed by atoms with Crippen LogP contribution in [0.4, 0.5) is 13.2 Å². The summed E-state index contributed by atoms with van der Waals surface area (Å²) in [5.74, 6) is -3.36. The quantitative estimate of drug-likeness (QED) is 0.842. The summed E-state index contributed by atoms with van der Waals surface area (Å²) in [4.78, 5) is 0. The number of ether oxygens (including phenoxy) is 1. The van der Waals surface area contributed by atoms with Gasteiger partial charge in [-0.1, -0.05) is 6.92 Å². The van der Waals surface area contributed by atoms with Crippen LogP contribution in [0.3, 0.4) is 0 Å². The molecule has 0 spiro atoms. The van der Waals surface area contributed by atoms with Crippen molar-refractivity contribution in [3.05, 3.63) is 35.1 Å². The van der Waals surface area contributed by atoms with Crippen molar-refractivity contribution in [2.24, 2.45) is 5.92 Å². The van der Waals surface area contributed by atoms with Gasteiger partial charge in [-0.25, -0.2) is 13.2 Å². The van der Waals surface area contributed by atoms with Crippen molar-refractivity contribution in [3.8, 4) is 0 Å². The Hall–Kier alpha value is -1.07. The minimum atomic E-state index is -1.42. The van der Waals surface area contributed by atoms with Crippen LogP contribution in [0.5, 0.6) is 0 Å². The maximum absolute atomic E-state index is 13.0. The molecule has 1 N–H and O–H groups in total. The second-order valence-electron chi connectivity index (χ2n) is 4.70. The zero-order valence-corrected chi connectivity index (χ0v) is 10.2. The Morgan fingerprint density at radius 1 is 1.28 bits per heavy atom. The Bertz CT molecular complexity index is 402. The zero-order valence-electron chi connectivity index (χ0n) is 10.2. The van der Waals surface area contributed by atoms with Crippen LogP contribution in [-0.4, -0.2) is 19.3 Å². The molecule has 1 aromatic rings. The highest BCUT2D eigenvalue weighted by Gasteiger charge is 2.21. The minimum Gasteiger partial charge on any atom is -0.381 e. The second kappa shape index (κ2) is 5.71. The van der Waals surface area contributed by atoms with Gasteiger partial charge in [0.15, 0.2) is 17.5 Å². The molecule has 0 radical (unpaired) electrons.